The highest BCUT2D eigenvalue weighted by atomic mass is 32.2. The average molecular weight is 192 g/mol. The molecule has 0 aliphatic carbocycles. The van der Waals surface area contributed by atoms with Crippen molar-refractivity contribution >= 4 is 17.7 Å². The van der Waals surface area contributed by atoms with Gasteiger partial charge in [-0.1, -0.05) is 30.0 Å². The number of rotatable bonds is 1. The molecule has 1 aromatic carbocycles. The van der Waals surface area contributed by atoms with E-state index in [4.69, 9.17) is 5.11 Å². The number of thioether (sulfide) groups is 1. The maximum absolute atomic E-state index is 10.7. The predicted octanol–water partition coefficient (Wildman–Crippen LogP) is 2.30. The normalized spacial score (nSPS) is 14.6. The largest absolute Gasteiger partial charge is 0.478 e. The molecule has 1 heterocycles. The molecule has 0 saturated carbocycles. The summed E-state index contributed by atoms with van der Waals surface area (Å²) in [6, 6.07) is 7.88. The molecule has 0 amide bonds. The number of hydrogen-bond donors (Lipinski definition) is 1. The lowest BCUT2D eigenvalue weighted by molar-refractivity contribution is -0.132. The highest BCUT2D eigenvalue weighted by Crippen LogP contribution is 2.31. The third kappa shape index (κ3) is 1.60. The van der Waals surface area contributed by atoms with Crippen LogP contribution in [0.5, 0.6) is 0 Å². The summed E-state index contributed by atoms with van der Waals surface area (Å²) < 4.78 is 0. The van der Waals surface area contributed by atoms with Gasteiger partial charge in [-0.2, -0.15) is 0 Å². The lowest BCUT2D eigenvalue weighted by Gasteiger charge is -2.12. The Bertz CT molecular complexity index is 382. The van der Waals surface area contributed by atoms with E-state index in [1.807, 2.05) is 24.3 Å². The van der Waals surface area contributed by atoms with Gasteiger partial charge in [-0.05, 0) is 17.0 Å². The molecule has 3 heteroatoms. The number of hydrogen-bond acceptors (Lipinski definition) is 2. The molecular weight excluding hydrogens is 184 g/mol. The predicted molar refractivity (Wildman–Crippen MR) is 51.7 cm³/mol. The molecule has 1 aliphatic rings. The van der Waals surface area contributed by atoms with Gasteiger partial charge in [-0.15, -0.1) is 0 Å². The highest BCUT2D eigenvalue weighted by molar-refractivity contribution is 8.02. The monoisotopic (exact) mass is 192 g/mol. The molecule has 13 heavy (non-hydrogen) atoms. The third-order valence-corrected chi connectivity index (χ3v) is 3.01. The average Bonchev–Trinajstić information content (AvgIpc) is 2.17. The topological polar surface area (TPSA) is 37.3 Å². The minimum atomic E-state index is -0.818. The van der Waals surface area contributed by atoms with E-state index in [2.05, 4.69) is 0 Å². The Morgan fingerprint density at radius 3 is 2.92 bits per heavy atom. The zero-order valence-electron chi connectivity index (χ0n) is 6.86. The van der Waals surface area contributed by atoms with Crippen LogP contribution in [0.4, 0.5) is 0 Å². The molecule has 0 saturated heterocycles. The summed E-state index contributed by atoms with van der Waals surface area (Å²) in [4.78, 5) is 11.8. The van der Waals surface area contributed by atoms with Crippen molar-refractivity contribution in [1.82, 2.24) is 0 Å². The summed E-state index contributed by atoms with van der Waals surface area (Å²) in [5, 5.41) is 10.5. The van der Waals surface area contributed by atoms with Gasteiger partial charge in [0.25, 0.3) is 0 Å². The zero-order valence-corrected chi connectivity index (χ0v) is 7.67. The van der Waals surface area contributed by atoms with Gasteiger partial charge in [0, 0.05) is 16.9 Å². The Balaban J connectivity index is 2.33. The van der Waals surface area contributed by atoms with Crippen molar-refractivity contribution in [3.8, 4) is 0 Å². The zero-order chi connectivity index (χ0) is 9.26. The Morgan fingerprint density at radius 1 is 1.38 bits per heavy atom. The van der Waals surface area contributed by atoms with Crippen LogP contribution in [0.3, 0.4) is 0 Å². The van der Waals surface area contributed by atoms with Gasteiger partial charge in [0.2, 0.25) is 0 Å². The van der Waals surface area contributed by atoms with E-state index in [0.717, 1.165) is 10.5 Å². The number of aliphatic carboxylic acids is 1. The standard InChI is InChI=1S/C10H8O2S/c11-10(12)8-5-7-3-1-2-4-9(7)13-6-8/h1-4,6H,5H2,(H,11,12). The Morgan fingerprint density at radius 2 is 2.15 bits per heavy atom. The molecule has 0 radical (unpaired) electrons. The van der Waals surface area contributed by atoms with Crippen LogP contribution >= 0.6 is 11.8 Å². The second-order valence-corrected chi connectivity index (χ2v) is 3.76. The van der Waals surface area contributed by atoms with E-state index in [9.17, 15) is 4.79 Å². The smallest absolute Gasteiger partial charge is 0.332 e. The van der Waals surface area contributed by atoms with E-state index in [0.29, 0.717) is 12.0 Å². The molecule has 0 fully saturated rings. The minimum absolute atomic E-state index is 0.476. The third-order valence-electron chi connectivity index (χ3n) is 1.96. The molecule has 1 aliphatic heterocycles. The number of carboxylic acids is 1. The van der Waals surface area contributed by atoms with Crippen molar-refractivity contribution in [3.05, 3.63) is 40.8 Å². The van der Waals surface area contributed by atoms with Crippen LogP contribution in [0.1, 0.15) is 5.56 Å². The number of carboxylic acid groups (broad SMARTS) is 1. The maximum Gasteiger partial charge on any atom is 0.332 e. The van der Waals surface area contributed by atoms with Crippen molar-refractivity contribution in [3.63, 3.8) is 0 Å². The quantitative estimate of drug-likeness (QED) is 0.741. The van der Waals surface area contributed by atoms with Crippen LogP contribution in [0.25, 0.3) is 0 Å². The van der Waals surface area contributed by atoms with Crippen LogP contribution < -0.4 is 0 Å². The van der Waals surface area contributed by atoms with Gasteiger partial charge in [-0.25, -0.2) is 4.79 Å². The molecule has 2 rings (SSSR count). The fourth-order valence-electron chi connectivity index (χ4n) is 1.27. The van der Waals surface area contributed by atoms with E-state index >= 15 is 0 Å². The summed E-state index contributed by atoms with van der Waals surface area (Å²) in [7, 11) is 0. The minimum Gasteiger partial charge on any atom is -0.478 e. The molecule has 0 atom stereocenters. The van der Waals surface area contributed by atoms with E-state index in [1.54, 1.807) is 5.41 Å². The van der Waals surface area contributed by atoms with Crippen LogP contribution in [0.2, 0.25) is 0 Å². The van der Waals surface area contributed by atoms with Gasteiger partial charge in [-0.3, -0.25) is 0 Å². The van der Waals surface area contributed by atoms with Crippen molar-refractivity contribution in [2.24, 2.45) is 0 Å². The molecule has 0 aromatic heterocycles. The van der Waals surface area contributed by atoms with E-state index < -0.39 is 5.97 Å². The number of fused-ring (bicyclic) bond motifs is 1. The van der Waals surface area contributed by atoms with Crippen LogP contribution in [-0.4, -0.2) is 11.1 Å². The van der Waals surface area contributed by atoms with Crippen LogP contribution in [0.15, 0.2) is 40.1 Å². The van der Waals surface area contributed by atoms with Crippen LogP contribution in [-0.2, 0) is 11.2 Å². The lowest BCUT2D eigenvalue weighted by atomic mass is 10.1. The van der Waals surface area contributed by atoms with Gasteiger partial charge in [0.1, 0.15) is 0 Å². The van der Waals surface area contributed by atoms with Crippen molar-refractivity contribution < 1.29 is 9.90 Å². The SMILES string of the molecule is O=C(O)C1=CSc2ccccc2C1. The van der Waals surface area contributed by atoms with Crippen molar-refractivity contribution in [2.75, 3.05) is 0 Å². The van der Waals surface area contributed by atoms with Gasteiger partial charge >= 0.3 is 5.97 Å². The first-order valence-corrected chi connectivity index (χ1v) is 4.82. The van der Waals surface area contributed by atoms with E-state index in [1.165, 1.54) is 11.8 Å². The summed E-state index contributed by atoms with van der Waals surface area (Å²) in [5.41, 5.74) is 1.58. The Hall–Kier alpha value is -1.22. The van der Waals surface area contributed by atoms with Crippen LogP contribution in [0, 0.1) is 0 Å². The fourth-order valence-corrected chi connectivity index (χ4v) is 2.17. The Labute approximate surface area is 80.3 Å². The Kier molecular flexibility index (Phi) is 2.10. The second-order valence-electron chi connectivity index (χ2n) is 2.85. The number of benzene rings is 1. The summed E-state index contributed by atoms with van der Waals surface area (Å²) in [6.45, 7) is 0. The van der Waals surface area contributed by atoms with Gasteiger partial charge < -0.3 is 5.11 Å². The van der Waals surface area contributed by atoms with Crippen molar-refractivity contribution in [1.29, 1.82) is 0 Å². The summed E-state index contributed by atoms with van der Waals surface area (Å²) in [6.07, 6.45) is 0.540. The first-order valence-electron chi connectivity index (χ1n) is 3.94. The first-order chi connectivity index (χ1) is 6.27. The molecular formula is C10H8O2S. The van der Waals surface area contributed by atoms with Gasteiger partial charge in [0.05, 0.1) is 0 Å². The van der Waals surface area contributed by atoms with Crippen molar-refractivity contribution in [2.45, 2.75) is 11.3 Å². The summed E-state index contributed by atoms with van der Waals surface area (Å²) in [5.74, 6) is -0.818. The molecule has 0 unspecified atom stereocenters. The maximum atomic E-state index is 10.7. The summed E-state index contributed by atoms with van der Waals surface area (Å²) >= 11 is 1.48. The highest BCUT2D eigenvalue weighted by Gasteiger charge is 2.15. The molecule has 1 N–H and O–H groups in total. The first kappa shape index (κ1) is 8.38. The second kappa shape index (κ2) is 3.26. The molecule has 1 aromatic rings. The molecule has 0 bridgehead atoms. The van der Waals surface area contributed by atoms with Gasteiger partial charge in [0.15, 0.2) is 0 Å². The molecule has 66 valence electrons. The molecule has 2 nitrogen and oxygen atoms in total. The number of carbonyl (C=O) groups is 1. The van der Waals surface area contributed by atoms with E-state index in [-0.39, 0.29) is 0 Å². The lowest BCUT2D eigenvalue weighted by Crippen LogP contribution is -2.06. The molecule has 0 spiro atoms. The fraction of sp³-hybridized carbons (Fsp3) is 0.100.